The minimum absolute atomic E-state index is 0.366. The van der Waals surface area contributed by atoms with E-state index in [1.54, 1.807) is 13.0 Å². The molecule has 0 saturated carbocycles. The molecule has 0 spiro atoms. The highest BCUT2D eigenvalue weighted by atomic mass is 16.7. The normalized spacial score (nSPS) is 28.3. The predicted octanol–water partition coefficient (Wildman–Crippen LogP) is 0.571. The summed E-state index contributed by atoms with van der Waals surface area (Å²) >= 11 is 0. The summed E-state index contributed by atoms with van der Waals surface area (Å²) in [5.41, 5.74) is 5.55. The van der Waals surface area contributed by atoms with Crippen molar-refractivity contribution in [3.8, 4) is 0 Å². The van der Waals surface area contributed by atoms with Gasteiger partial charge in [0.25, 0.3) is 0 Å². The molecule has 0 radical (unpaired) electrons. The molecule has 4 heteroatoms. The van der Waals surface area contributed by atoms with Crippen molar-refractivity contribution in [2.24, 2.45) is 5.73 Å². The molecule has 74 valence electrons. The van der Waals surface area contributed by atoms with Gasteiger partial charge < -0.3 is 15.2 Å². The van der Waals surface area contributed by atoms with Gasteiger partial charge in [-0.05, 0) is 13.8 Å². The Hall–Kier alpha value is -0.870. The molecule has 1 atom stereocenters. The Morgan fingerprint density at radius 1 is 1.77 bits per heavy atom. The summed E-state index contributed by atoms with van der Waals surface area (Å²) in [5, 5.41) is 0. The van der Waals surface area contributed by atoms with Crippen molar-refractivity contribution in [2.45, 2.75) is 26.1 Å². The zero-order chi connectivity index (χ0) is 9.90. The molecule has 0 aromatic rings. The van der Waals surface area contributed by atoms with E-state index in [4.69, 9.17) is 15.2 Å². The van der Waals surface area contributed by atoms with Crippen LogP contribution >= 0.6 is 0 Å². The topological polar surface area (TPSA) is 61.6 Å². The van der Waals surface area contributed by atoms with Gasteiger partial charge in [-0.25, -0.2) is 0 Å². The maximum absolute atomic E-state index is 10.6. The van der Waals surface area contributed by atoms with E-state index in [2.05, 4.69) is 0 Å². The van der Waals surface area contributed by atoms with Gasteiger partial charge in [0.2, 0.25) is 5.91 Å². The molecule has 0 aliphatic carbocycles. The lowest BCUT2D eigenvalue weighted by Crippen LogP contribution is -2.43. The molecular weight excluding hydrogens is 170 g/mol. The van der Waals surface area contributed by atoms with E-state index < -0.39 is 11.7 Å². The van der Waals surface area contributed by atoms with E-state index in [0.717, 1.165) is 13.0 Å². The summed E-state index contributed by atoms with van der Waals surface area (Å²) < 4.78 is 10.6. The van der Waals surface area contributed by atoms with Gasteiger partial charge in [-0.3, -0.25) is 4.79 Å². The van der Waals surface area contributed by atoms with E-state index in [0.29, 0.717) is 12.2 Å². The average molecular weight is 185 g/mol. The first-order chi connectivity index (χ1) is 6.03. The third-order valence-electron chi connectivity index (χ3n) is 2.13. The van der Waals surface area contributed by atoms with Crippen LogP contribution in [0.1, 0.15) is 20.3 Å². The highest BCUT2D eigenvalue weighted by Crippen LogP contribution is 2.26. The molecule has 2 N–H and O–H groups in total. The highest BCUT2D eigenvalue weighted by molar-refractivity contribution is 5.91. The number of rotatable bonds is 4. The van der Waals surface area contributed by atoms with Crippen molar-refractivity contribution >= 4 is 5.91 Å². The molecule has 0 aromatic carbocycles. The van der Waals surface area contributed by atoms with Gasteiger partial charge in [0.15, 0.2) is 5.79 Å². The molecule has 1 aliphatic rings. The Morgan fingerprint density at radius 2 is 2.38 bits per heavy atom. The van der Waals surface area contributed by atoms with Crippen molar-refractivity contribution in [1.29, 1.82) is 0 Å². The minimum atomic E-state index is -0.450. The molecule has 1 aliphatic heterocycles. The van der Waals surface area contributed by atoms with Crippen LogP contribution in [0, 0.1) is 0 Å². The standard InChI is InChI=1S/C9H15NO3/c1-7(8(10)11)3-5-12-9(2)4-6-13-9/h3H,4-6H2,1-2H3,(H2,10,11)/b7-3+. The quantitative estimate of drug-likeness (QED) is 0.651. The van der Waals surface area contributed by atoms with Crippen molar-refractivity contribution < 1.29 is 14.3 Å². The molecule has 0 aromatic heterocycles. The van der Waals surface area contributed by atoms with Gasteiger partial charge in [0.1, 0.15) is 0 Å². The Kier molecular flexibility index (Phi) is 3.06. The smallest absolute Gasteiger partial charge is 0.244 e. The summed E-state index contributed by atoms with van der Waals surface area (Å²) in [5.74, 6) is -0.864. The fourth-order valence-electron chi connectivity index (χ4n) is 0.947. The van der Waals surface area contributed by atoms with Gasteiger partial charge in [-0.1, -0.05) is 6.08 Å². The first kappa shape index (κ1) is 10.2. The average Bonchev–Trinajstić information content (AvgIpc) is 2.01. The Balaban J connectivity index is 2.27. The molecule has 1 heterocycles. The number of hydrogen-bond donors (Lipinski definition) is 1. The third-order valence-corrected chi connectivity index (χ3v) is 2.13. The van der Waals surface area contributed by atoms with Crippen LogP contribution < -0.4 is 5.73 Å². The SMILES string of the molecule is C/C(=C\COC1(C)CCO1)C(N)=O. The van der Waals surface area contributed by atoms with E-state index >= 15 is 0 Å². The number of primary amides is 1. The number of carbonyl (C=O) groups excluding carboxylic acids is 1. The van der Waals surface area contributed by atoms with Gasteiger partial charge in [0, 0.05) is 12.0 Å². The molecule has 1 rings (SSSR count). The van der Waals surface area contributed by atoms with Gasteiger partial charge in [-0.2, -0.15) is 0 Å². The zero-order valence-corrected chi connectivity index (χ0v) is 8.00. The van der Waals surface area contributed by atoms with Crippen molar-refractivity contribution in [3.05, 3.63) is 11.6 Å². The van der Waals surface area contributed by atoms with E-state index in [-0.39, 0.29) is 0 Å². The van der Waals surface area contributed by atoms with Crippen LogP contribution in [0.25, 0.3) is 0 Å². The number of amides is 1. The molecule has 1 saturated heterocycles. The molecule has 4 nitrogen and oxygen atoms in total. The summed E-state index contributed by atoms with van der Waals surface area (Å²) in [6.07, 6.45) is 2.56. The van der Waals surface area contributed by atoms with Crippen LogP contribution in [0.15, 0.2) is 11.6 Å². The lowest BCUT2D eigenvalue weighted by Gasteiger charge is -2.37. The largest absolute Gasteiger partial charge is 0.366 e. The lowest BCUT2D eigenvalue weighted by atomic mass is 10.1. The van der Waals surface area contributed by atoms with Crippen molar-refractivity contribution in [3.63, 3.8) is 0 Å². The second-order valence-electron chi connectivity index (χ2n) is 3.29. The van der Waals surface area contributed by atoms with Crippen LogP contribution in [0.4, 0.5) is 0 Å². The second kappa shape index (κ2) is 3.89. The third kappa shape index (κ3) is 2.82. The molecule has 1 fully saturated rings. The zero-order valence-electron chi connectivity index (χ0n) is 8.00. The molecule has 13 heavy (non-hydrogen) atoms. The number of carbonyl (C=O) groups is 1. The van der Waals surface area contributed by atoms with Crippen LogP contribution in [0.2, 0.25) is 0 Å². The number of hydrogen-bond acceptors (Lipinski definition) is 3. The van der Waals surface area contributed by atoms with Crippen LogP contribution in [0.5, 0.6) is 0 Å². The van der Waals surface area contributed by atoms with Gasteiger partial charge in [-0.15, -0.1) is 0 Å². The summed E-state index contributed by atoms with van der Waals surface area (Å²) in [7, 11) is 0. The fourth-order valence-corrected chi connectivity index (χ4v) is 0.947. The number of nitrogens with two attached hydrogens (primary N) is 1. The summed E-state index contributed by atoms with van der Waals surface area (Å²) in [6.45, 7) is 4.65. The second-order valence-corrected chi connectivity index (χ2v) is 3.29. The Bertz CT molecular complexity index is 231. The highest BCUT2D eigenvalue weighted by Gasteiger charge is 2.33. The van der Waals surface area contributed by atoms with Crippen molar-refractivity contribution in [1.82, 2.24) is 0 Å². The lowest BCUT2D eigenvalue weighted by molar-refractivity contribution is -0.291. The monoisotopic (exact) mass is 185 g/mol. The van der Waals surface area contributed by atoms with E-state index in [1.165, 1.54) is 0 Å². The predicted molar refractivity (Wildman–Crippen MR) is 47.9 cm³/mol. The van der Waals surface area contributed by atoms with E-state index in [1.807, 2.05) is 6.92 Å². The number of ether oxygens (including phenoxy) is 2. The summed E-state index contributed by atoms with van der Waals surface area (Å²) in [4.78, 5) is 10.6. The fraction of sp³-hybridized carbons (Fsp3) is 0.667. The minimum Gasteiger partial charge on any atom is -0.366 e. The van der Waals surface area contributed by atoms with Crippen LogP contribution in [-0.2, 0) is 14.3 Å². The maximum Gasteiger partial charge on any atom is 0.244 e. The Morgan fingerprint density at radius 3 is 2.77 bits per heavy atom. The maximum atomic E-state index is 10.6. The Labute approximate surface area is 77.7 Å². The van der Waals surface area contributed by atoms with Crippen molar-refractivity contribution in [2.75, 3.05) is 13.2 Å². The molecule has 1 unspecified atom stereocenters. The van der Waals surface area contributed by atoms with Gasteiger partial charge in [0.05, 0.1) is 13.2 Å². The first-order valence-electron chi connectivity index (χ1n) is 4.28. The molecular formula is C9H15NO3. The first-order valence-corrected chi connectivity index (χ1v) is 4.28. The van der Waals surface area contributed by atoms with Crippen LogP contribution in [-0.4, -0.2) is 24.9 Å². The molecule has 0 bridgehead atoms. The molecule has 1 amide bonds. The van der Waals surface area contributed by atoms with Gasteiger partial charge >= 0.3 is 0 Å². The summed E-state index contributed by atoms with van der Waals surface area (Å²) in [6, 6.07) is 0. The van der Waals surface area contributed by atoms with E-state index in [9.17, 15) is 4.79 Å². The van der Waals surface area contributed by atoms with Crippen LogP contribution in [0.3, 0.4) is 0 Å².